The van der Waals surface area contributed by atoms with Crippen molar-refractivity contribution in [3.05, 3.63) is 17.5 Å². The van der Waals surface area contributed by atoms with Crippen molar-refractivity contribution in [2.75, 3.05) is 33.7 Å². The Morgan fingerprint density at radius 1 is 1.32 bits per heavy atom. The maximum absolute atomic E-state index is 5.45. The van der Waals surface area contributed by atoms with E-state index in [4.69, 9.17) is 4.52 Å². The van der Waals surface area contributed by atoms with E-state index in [1.54, 1.807) is 7.05 Å². The van der Waals surface area contributed by atoms with Crippen molar-refractivity contribution in [1.29, 1.82) is 0 Å². The fourth-order valence-electron chi connectivity index (χ4n) is 3.21. The second kappa shape index (κ2) is 11.7. The molecule has 1 saturated heterocycles. The average Bonchev–Trinajstić information content (AvgIpc) is 3.06. The van der Waals surface area contributed by atoms with Crippen molar-refractivity contribution < 1.29 is 4.52 Å². The summed E-state index contributed by atoms with van der Waals surface area (Å²) in [5, 5.41) is 11.0. The van der Waals surface area contributed by atoms with Crippen LogP contribution in [0, 0.1) is 5.92 Å². The summed E-state index contributed by atoms with van der Waals surface area (Å²) in [7, 11) is 4.00. The topological polar surface area (TPSA) is 65.7 Å². The predicted octanol–water partition coefficient (Wildman–Crippen LogP) is 3.20. The van der Waals surface area contributed by atoms with E-state index < -0.39 is 0 Å². The van der Waals surface area contributed by atoms with Gasteiger partial charge < -0.3 is 20.1 Å². The number of hydrogen-bond acceptors (Lipinski definition) is 4. The maximum Gasteiger partial charge on any atom is 0.191 e. The van der Waals surface area contributed by atoms with Crippen molar-refractivity contribution in [3.8, 4) is 0 Å². The second-order valence-corrected chi connectivity index (χ2v) is 6.78. The monoisotopic (exact) mass is 463 g/mol. The third-order valence-electron chi connectivity index (χ3n) is 5.03. The first-order chi connectivity index (χ1) is 11.7. The molecule has 144 valence electrons. The summed E-state index contributed by atoms with van der Waals surface area (Å²) in [6.07, 6.45) is 4.69. The highest BCUT2D eigenvalue weighted by Gasteiger charge is 2.17. The molecule has 2 rings (SSSR count). The molecule has 2 heterocycles. The summed E-state index contributed by atoms with van der Waals surface area (Å²) < 4.78 is 5.45. The molecule has 0 spiro atoms. The lowest BCUT2D eigenvalue weighted by Crippen LogP contribution is -2.41. The lowest BCUT2D eigenvalue weighted by molar-refractivity contribution is 0.220. The highest BCUT2D eigenvalue weighted by atomic mass is 127. The highest BCUT2D eigenvalue weighted by molar-refractivity contribution is 14.0. The number of nitrogens with zero attached hydrogens (tertiary/aromatic N) is 3. The van der Waals surface area contributed by atoms with Crippen LogP contribution in [0.2, 0.25) is 0 Å². The van der Waals surface area contributed by atoms with Gasteiger partial charge in [-0.15, -0.1) is 24.0 Å². The first-order valence-corrected chi connectivity index (χ1v) is 9.24. The molecule has 1 aliphatic heterocycles. The van der Waals surface area contributed by atoms with E-state index in [1.807, 2.05) is 0 Å². The molecule has 0 saturated carbocycles. The van der Waals surface area contributed by atoms with Gasteiger partial charge in [0.25, 0.3) is 0 Å². The SMILES string of the molecule is CCC(CC)c1cc(CNC(=NC)NCC2CCN(C)CC2)on1.I. The third-order valence-corrected chi connectivity index (χ3v) is 5.03. The van der Waals surface area contributed by atoms with Crippen LogP contribution in [0.5, 0.6) is 0 Å². The number of nitrogens with one attached hydrogen (secondary N) is 2. The molecule has 1 fully saturated rings. The predicted molar refractivity (Wildman–Crippen MR) is 114 cm³/mol. The van der Waals surface area contributed by atoms with Gasteiger partial charge in [-0.3, -0.25) is 4.99 Å². The van der Waals surface area contributed by atoms with Gasteiger partial charge in [-0.05, 0) is 51.7 Å². The lowest BCUT2D eigenvalue weighted by atomic mass is 9.97. The molecule has 0 amide bonds. The molecule has 1 aromatic heterocycles. The molecule has 6 nitrogen and oxygen atoms in total. The number of likely N-dealkylation sites (tertiary alicyclic amines) is 1. The minimum absolute atomic E-state index is 0. The molecule has 7 heteroatoms. The molecular weight excluding hydrogens is 429 g/mol. The summed E-state index contributed by atoms with van der Waals surface area (Å²) >= 11 is 0. The molecule has 1 aromatic rings. The molecule has 0 aliphatic carbocycles. The van der Waals surface area contributed by atoms with Gasteiger partial charge in [0.1, 0.15) is 0 Å². The first-order valence-electron chi connectivity index (χ1n) is 9.24. The Kier molecular flexibility index (Phi) is 10.4. The fraction of sp³-hybridized carbons (Fsp3) is 0.778. The number of rotatable bonds is 7. The Bertz CT molecular complexity index is 507. The molecule has 2 N–H and O–H groups in total. The van der Waals surface area contributed by atoms with E-state index in [-0.39, 0.29) is 24.0 Å². The van der Waals surface area contributed by atoms with Crippen molar-refractivity contribution in [3.63, 3.8) is 0 Å². The Hall–Kier alpha value is -0.830. The number of aromatic nitrogens is 1. The Balaban J connectivity index is 0.00000312. The summed E-state index contributed by atoms with van der Waals surface area (Å²) in [5.41, 5.74) is 1.06. The van der Waals surface area contributed by atoms with Gasteiger partial charge in [-0.1, -0.05) is 19.0 Å². The van der Waals surface area contributed by atoms with Crippen LogP contribution < -0.4 is 10.6 Å². The first kappa shape index (κ1) is 22.2. The Morgan fingerprint density at radius 2 is 2.00 bits per heavy atom. The molecule has 25 heavy (non-hydrogen) atoms. The minimum Gasteiger partial charge on any atom is -0.359 e. The maximum atomic E-state index is 5.45. The Morgan fingerprint density at radius 3 is 2.60 bits per heavy atom. The van der Waals surface area contributed by atoms with Gasteiger partial charge >= 0.3 is 0 Å². The second-order valence-electron chi connectivity index (χ2n) is 6.78. The van der Waals surface area contributed by atoms with Gasteiger partial charge in [0.15, 0.2) is 11.7 Å². The van der Waals surface area contributed by atoms with Crippen LogP contribution in [0.15, 0.2) is 15.6 Å². The van der Waals surface area contributed by atoms with Gasteiger partial charge in [0.2, 0.25) is 0 Å². The van der Waals surface area contributed by atoms with E-state index >= 15 is 0 Å². The van der Waals surface area contributed by atoms with E-state index in [9.17, 15) is 0 Å². The van der Waals surface area contributed by atoms with Crippen LogP contribution in [0.25, 0.3) is 0 Å². The van der Waals surface area contributed by atoms with Crippen molar-refractivity contribution in [1.82, 2.24) is 20.7 Å². The Labute approximate surface area is 169 Å². The largest absolute Gasteiger partial charge is 0.359 e. The van der Waals surface area contributed by atoms with Crippen molar-refractivity contribution in [2.24, 2.45) is 10.9 Å². The van der Waals surface area contributed by atoms with Crippen molar-refractivity contribution in [2.45, 2.75) is 52.0 Å². The minimum atomic E-state index is 0. The summed E-state index contributed by atoms with van der Waals surface area (Å²) in [5.74, 6) is 2.91. The number of piperidine rings is 1. The smallest absolute Gasteiger partial charge is 0.191 e. The number of guanidine groups is 1. The zero-order chi connectivity index (χ0) is 17.4. The van der Waals surface area contributed by atoms with E-state index in [1.165, 1.54) is 25.9 Å². The fourth-order valence-corrected chi connectivity index (χ4v) is 3.21. The van der Waals surface area contributed by atoms with Crippen LogP contribution >= 0.6 is 24.0 Å². The van der Waals surface area contributed by atoms with Crippen LogP contribution in [-0.2, 0) is 6.54 Å². The molecule has 0 aromatic carbocycles. The van der Waals surface area contributed by atoms with Crippen LogP contribution in [0.1, 0.15) is 56.9 Å². The summed E-state index contributed by atoms with van der Waals surface area (Å²) in [6.45, 7) is 8.35. The lowest BCUT2D eigenvalue weighted by Gasteiger charge is -2.29. The van der Waals surface area contributed by atoms with Gasteiger partial charge in [0, 0.05) is 25.6 Å². The van der Waals surface area contributed by atoms with Gasteiger partial charge in [-0.25, -0.2) is 0 Å². The number of hydrogen-bond donors (Lipinski definition) is 2. The highest BCUT2D eigenvalue weighted by Crippen LogP contribution is 2.22. The molecule has 1 aliphatic rings. The van der Waals surface area contributed by atoms with E-state index in [0.717, 1.165) is 42.7 Å². The molecular formula is C18H34IN5O. The summed E-state index contributed by atoms with van der Waals surface area (Å²) in [4.78, 5) is 6.69. The standard InChI is InChI=1S/C18H33N5O.HI/c1-5-15(6-2)17-11-16(24-22-17)13-21-18(19-3)20-12-14-7-9-23(4)10-8-14;/h11,14-15H,5-10,12-13H2,1-4H3,(H2,19,20,21);1H. The van der Waals surface area contributed by atoms with Crippen LogP contribution in [0.3, 0.4) is 0 Å². The normalized spacial score (nSPS) is 16.8. The van der Waals surface area contributed by atoms with Crippen LogP contribution in [-0.4, -0.2) is 49.7 Å². The zero-order valence-electron chi connectivity index (χ0n) is 16.0. The number of halogens is 1. The van der Waals surface area contributed by atoms with Crippen LogP contribution in [0.4, 0.5) is 0 Å². The molecule has 0 radical (unpaired) electrons. The van der Waals surface area contributed by atoms with Gasteiger partial charge in [-0.2, -0.15) is 0 Å². The van der Waals surface area contributed by atoms with E-state index in [0.29, 0.717) is 12.5 Å². The average molecular weight is 463 g/mol. The molecule has 0 unspecified atom stereocenters. The molecule has 0 atom stereocenters. The zero-order valence-corrected chi connectivity index (χ0v) is 18.4. The van der Waals surface area contributed by atoms with Gasteiger partial charge in [0.05, 0.1) is 12.2 Å². The van der Waals surface area contributed by atoms with E-state index in [2.05, 4.69) is 52.6 Å². The quantitative estimate of drug-likeness (QED) is 0.370. The number of aliphatic imine (C=N–C) groups is 1. The van der Waals surface area contributed by atoms with Crippen molar-refractivity contribution >= 4 is 29.9 Å². The summed E-state index contributed by atoms with van der Waals surface area (Å²) in [6, 6.07) is 2.06. The third kappa shape index (κ3) is 7.13. The molecule has 0 bridgehead atoms.